The minimum Gasteiger partial charge on any atom is -0.316 e. The van der Waals surface area contributed by atoms with Crippen LogP contribution in [0.3, 0.4) is 0 Å². The van der Waals surface area contributed by atoms with Crippen molar-refractivity contribution in [3.8, 4) is 0 Å². The average Bonchev–Trinajstić information content (AvgIpc) is 2.14. The largest absolute Gasteiger partial charge is 0.417 e. The van der Waals surface area contributed by atoms with E-state index in [0.29, 0.717) is 6.07 Å². The zero-order valence-electron chi connectivity index (χ0n) is 8.03. The van der Waals surface area contributed by atoms with Gasteiger partial charge in [0.05, 0.1) is 5.56 Å². The van der Waals surface area contributed by atoms with Crippen molar-refractivity contribution in [1.29, 1.82) is 0 Å². The molecule has 0 amide bonds. The van der Waals surface area contributed by atoms with Crippen molar-refractivity contribution < 1.29 is 26.3 Å². The highest BCUT2D eigenvalue weighted by molar-refractivity contribution is 14.1. The van der Waals surface area contributed by atoms with Crippen molar-refractivity contribution in [2.75, 3.05) is 0 Å². The second-order valence-corrected chi connectivity index (χ2v) is 4.42. The van der Waals surface area contributed by atoms with Crippen LogP contribution in [-0.2, 0) is 6.18 Å². The van der Waals surface area contributed by atoms with Crippen LogP contribution in [0.25, 0.3) is 0 Å². The molecule has 0 heterocycles. The van der Waals surface area contributed by atoms with Gasteiger partial charge in [-0.15, -0.1) is 0 Å². The number of hydrogen-bond donors (Lipinski definition) is 1. The SMILES string of the molecule is N[C@@H](c1ccc(I)c(C(F)(F)F)c1)C(F)(F)F. The van der Waals surface area contributed by atoms with Crippen LogP contribution in [-0.4, -0.2) is 6.18 Å². The number of halogens is 7. The number of alkyl halides is 6. The van der Waals surface area contributed by atoms with Gasteiger partial charge in [0.15, 0.2) is 0 Å². The number of rotatable bonds is 1. The predicted molar refractivity (Wildman–Crippen MR) is 57.1 cm³/mol. The first-order valence-electron chi connectivity index (χ1n) is 4.22. The quantitative estimate of drug-likeness (QED) is 0.591. The molecule has 1 atom stereocenters. The summed E-state index contributed by atoms with van der Waals surface area (Å²) in [5, 5.41) is 0. The van der Waals surface area contributed by atoms with E-state index in [1.54, 1.807) is 0 Å². The maximum absolute atomic E-state index is 12.5. The molecular weight excluding hydrogens is 363 g/mol. The molecule has 0 aromatic heterocycles. The zero-order valence-corrected chi connectivity index (χ0v) is 10.2. The highest BCUT2D eigenvalue weighted by Gasteiger charge is 2.40. The first-order chi connectivity index (χ1) is 7.53. The normalized spacial score (nSPS) is 14.8. The van der Waals surface area contributed by atoms with Crippen molar-refractivity contribution in [1.82, 2.24) is 0 Å². The molecule has 1 rings (SSSR count). The molecule has 2 N–H and O–H groups in total. The lowest BCUT2D eigenvalue weighted by atomic mass is 10.0. The molecule has 1 aromatic rings. The monoisotopic (exact) mass is 369 g/mol. The number of benzene rings is 1. The lowest BCUT2D eigenvalue weighted by molar-refractivity contribution is -0.150. The summed E-state index contributed by atoms with van der Waals surface area (Å²) in [5.41, 5.74) is 3.12. The van der Waals surface area contributed by atoms with E-state index in [1.807, 2.05) is 0 Å². The maximum atomic E-state index is 12.5. The minimum atomic E-state index is -4.77. The summed E-state index contributed by atoms with van der Waals surface area (Å²) in [6.45, 7) is 0. The van der Waals surface area contributed by atoms with E-state index in [1.165, 1.54) is 22.6 Å². The molecule has 0 fully saturated rings. The van der Waals surface area contributed by atoms with Crippen LogP contribution in [0.4, 0.5) is 26.3 Å². The van der Waals surface area contributed by atoms with E-state index in [-0.39, 0.29) is 3.57 Å². The third-order valence-corrected chi connectivity index (χ3v) is 2.95. The molecule has 96 valence electrons. The van der Waals surface area contributed by atoms with Crippen molar-refractivity contribution in [2.45, 2.75) is 18.4 Å². The Morgan fingerprint density at radius 1 is 1.06 bits per heavy atom. The van der Waals surface area contributed by atoms with Gasteiger partial charge in [-0.25, -0.2) is 0 Å². The third-order valence-electron chi connectivity index (χ3n) is 2.01. The third kappa shape index (κ3) is 3.47. The van der Waals surface area contributed by atoms with Gasteiger partial charge in [0.2, 0.25) is 0 Å². The van der Waals surface area contributed by atoms with Gasteiger partial charge in [-0.2, -0.15) is 26.3 Å². The molecule has 0 saturated carbocycles. The van der Waals surface area contributed by atoms with E-state index in [2.05, 4.69) is 0 Å². The van der Waals surface area contributed by atoms with Crippen LogP contribution >= 0.6 is 22.6 Å². The molecule has 0 spiro atoms. The Bertz CT molecular complexity index is 411. The summed E-state index contributed by atoms with van der Waals surface area (Å²) in [5.74, 6) is 0. The maximum Gasteiger partial charge on any atom is 0.417 e. The van der Waals surface area contributed by atoms with Crippen LogP contribution in [0, 0.1) is 3.57 Å². The highest BCUT2D eigenvalue weighted by Crippen LogP contribution is 2.37. The number of hydrogen-bond acceptors (Lipinski definition) is 1. The van der Waals surface area contributed by atoms with E-state index < -0.39 is 29.5 Å². The highest BCUT2D eigenvalue weighted by atomic mass is 127. The van der Waals surface area contributed by atoms with E-state index in [0.717, 1.165) is 12.1 Å². The molecule has 1 aromatic carbocycles. The van der Waals surface area contributed by atoms with Crippen molar-refractivity contribution >= 4 is 22.6 Å². The summed E-state index contributed by atoms with van der Waals surface area (Å²) in [6, 6.07) is -0.0834. The fourth-order valence-corrected chi connectivity index (χ4v) is 1.78. The topological polar surface area (TPSA) is 26.0 Å². The fraction of sp³-hybridized carbons (Fsp3) is 0.333. The van der Waals surface area contributed by atoms with Gasteiger partial charge in [-0.1, -0.05) is 6.07 Å². The second kappa shape index (κ2) is 4.63. The lowest BCUT2D eigenvalue weighted by Crippen LogP contribution is -2.28. The fourth-order valence-electron chi connectivity index (χ4n) is 1.14. The Labute approximate surface area is 106 Å². The molecule has 0 aliphatic rings. The molecule has 1 nitrogen and oxygen atoms in total. The molecule has 0 aliphatic carbocycles. The standard InChI is InChI=1S/C9H6F6IN/c10-8(11,12)5-3-4(1-2-6(5)16)7(17)9(13,14)15/h1-3,7H,17H2/t7-/m0/s1. The van der Waals surface area contributed by atoms with Crippen LogP contribution in [0.15, 0.2) is 18.2 Å². The van der Waals surface area contributed by atoms with Gasteiger partial charge >= 0.3 is 12.4 Å². The minimum absolute atomic E-state index is 0.173. The van der Waals surface area contributed by atoms with Crippen LogP contribution in [0.2, 0.25) is 0 Å². The Morgan fingerprint density at radius 2 is 1.59 bits per heavy atom. The smallest absolute Gasteiger partial charge is 0.316 e. The van der Waals surface area contributed by atoms with Crippen molar-refractivity contribution in [2.24, 2.45) is 5.73 Å². The first kappa shape index (κ1) is 14.6. The molecule has 0 aliphatic heterocycles. The Kier molecular flexibility index (Phi) is 3.97. The van der Waals surface area contributed by atoms with Crippen molar-refractivity contribution in [3.05, 3.63) is 32.9 Å². The van der Waals surface area contributed by atoms with Crippen molar-refractivity contribution in [3.63, 3.8) is 0 Å². The molecular formula is C9H6F6IN. The van der Waals surface area contributed by atoms with Gasteiger partial charge < -0.3 is 5.73 Å². The van der Waals surface area contributed by atoms with E-state index >= 15 is 0 Å². The molecule has 0 radical (unpaired) electrons. The van der Waals surface area contributed by atoms with Crippen LogP contribution in [0.5, 0.6) is 0 Å². The molecule has 17 heavy (non-hydrogen) atoms. The summed E-state index contributed by atoms with van der Waals surface area (Å²) in [7, 11) is 0. The molecule has 0 bridgehead atoms. The molecule has 8 heteroatoms. The summed E-state index contributed by atoms with van der Waals surface area (Å²) < 4.78 is 74.0. The van der Waals surface area contributed by atoms with Gasteiger partial charge in [0.25, 0.3) is 0 Å². The number of nitrogens with two attached hydrogens (primary N) is 1. The summed E-state index contributed by atoms with van der Waals surface area (Å²) in [4.78, 5) is 0. The molecule has 0 unspecified atom stereocenters. The average molecular weight is 369 g/mol. The predicted octanol–water partition coefficient (Wildman–Crippen LogP) is 3.87. The van der Waals surface area contributed by atoms with Gasteiger partial charge in [0, 0.05) is 3.57 Å². The van der Waals surface area contributed by atoms with E-state index in [9.17, 15) is 26.3 Å². The Morgan fingerprint density at radius 3 is 2.00 bits per heavy atom. The lowest BCUT2D eigenvalue weighted by Gasteiger charge is -2.18. The van der Waals surface area contributed by atoms with E-state index in [4.69, 9.17) is 5.73 Å². The van der Waals surface area contributed by atoms with Gasteiger partial charge in [-0.3, -0.25) is 0 Å². The summed E-state index contributed by atoms with van der Waals surface area (Å²) >= 11 is 1.40. The molecule has 0 saturated heterocycles. The Balaban J connectivity index is 3.23. The van der Waals surface area contributed by atoms with Gasteiger partial charge in [0.1, 0.15) is 6.04 Å². The van der Waals surface area contributed by atoms with Crippen LogP contribution < -0.4 is 5.73 Å². The zero-order chi connectivity index (χ0) is 13.4. The second-order valence-electron chi connectivity index (χ2n) is 3.26. The van der Waals surface area contributed by atoms with Gasteiger partial charge in [-0.05, 0) is 40.3 Å². The Hall–Kier alpha value is -0.510. The summed E-state index contributed by atoms with van der Waals surface area (Å²) in [6.07, 6.45) is -9.46. The van der Waals surface area contributed by atoms with Crippen LogP contribution in [0.1, 0.15) is 17.2 Å². The first-order valence-corrected chi connectivity index (χ1v) is 5.30.